The number of hydrogen-bond donors (Lipinski definition) is 2. The van der Waals surface area contributed by atoms with Gasteiger partial charge in [-0.05, 0) is 34.8 Å². The van der Waals surface area contributed by atoms with Gasteiger partial charge in [-0.3, -0.25) is 4.79 Å². The normalized spacial score (nSPS) is 17.5. The van der Waals surface area contributed by atoms with Crippen molar-refractivity contribution in [3.05, 3.63) is 28.2 Å². The van der Waals surface area contributed by atoms with Crippen molar-refractivity contribution < 1.29 is 13.6 Å². The van der Waals surface area contributed by atoms with Crippen molar-refractivity contribution in [3.63, 3.8) is 0 Å². The van der Waals surface area contributed by atoms with E-state index in [1.807, 2.05) is 0 Å². The Kier molecular flexibility index (Phi) is 4.20. The fraction of sp³-hybridized carbons (Fsp3) is 0.462. The van der Waals surface area contributed by atoms with Gasteiger partial charge < -0.3 is 11.1 Å². The molecule has 0 spiro atoms. The average Bonchev–Trinajstić information content (AvgIpc) is 2.86. The fourth-order valence-electron chi connectivity index (χ4n) is 2.45. The predicted octanol–water partition coefficient (Wildman–Crippen LogP) is 3.18. The molecular weight excluding hydrogens is 318 g/mol. The topological polar surface area (TPSA) is 55.1 Å². The minimum atomic E-state index is -0.674. The number of carbonyl (C=O) groups excluding carboxylic acids is 1. The first-order valence-electron chi connectivity index (χ1n) is 6.14. The van der Waals surface area contributed by atoms with Crippen LogP contribution in [0.3, 0.4) is 0 Å². The van der Waals surface area contributed by atoms with Crippen LogP contribution >= 0.6 is 15.9 Å². The standard InChI is InChI=1S/C13H15BrF2N2O/c14-8-5-10(16)11(6-9(8)15)18-12(19)13(7-17)3-1-2-4-13/h5-6H,1-4,7,17H2,(H,18,19). The molecular formula is C13H15BrF2N2O. The van der Waals surface area contributed by atoms with Crippen LogP contribution in [-0.4, -0.2) is 12.5 Å². The van der Waals surface area contributed by atoms with Crippen molar-refractivity contribution >= 4 is 27.5 Å². The Morgan fingerprint density at radius 3 is 2.53 bits per heavy atom. The van der Waals surface area contributed by atoms with Gasteiger partial charge in [-0.2, -0.15) is 0 Å². The first-order valence-corrected chi connectivity index (χ1v) is 6.94. The molecule has 3 nitrogen and oxygen atoms in total. The number of carbonyl (C=O) groups is 1. The smallest absolute Gasteiger partial charge is 0.231 e. The Bertz CT molecular complexity index is 502. The lowest BCUT2D eigenvalue weighted by atomic mass is 9.85. The lowest BCUT2D eigenvalue weighted by Crippen LogP contribution is -2.40. The highest BCUT2D eigenvalue weighted by atomic mass is 79.9. The van der Waals surface area contributed by atoms with E-state index in [9.17, 15) is 13.6 Å². The van der Waals surface area contributed by atoms with E-state index in [1.54, 1.807) is 0 Å². The maximum absolute atomic E-state index is 13.7. The zero-order chi connectivity index (χ0) is 14.0. The van der Waals surface area contributed by atoms with E-state index in [-0.39, 0.29) is 22.6 Å². The summed E-state index contributed by atoms with van der Waals surface area (Å²) in [6, 6.07) is 1.96. The third-order valence-corrected chi connectivity index (χ3v) is 4.30. The van der Waals surface area contributed by atoms with Gasteiger partial charge in [-0.25, -0.2) is 8.78 Å². The first-order chi connectivity index (χ1) is 8.98. The molecule has 2 rings (SSSR count). The molecule has 1 aromatic carbocycles. The van der Waals surface area contributed by atoms with Crippen LogP contribution in [0.25, 0.3) is 0 Å². The predicted molar refractivity (Wildman–Crippen MR) is 72.6 cm³/mol. The molecule has 1 fully saturated rings. The summed E-state index contributed by atoms with van der Waals surface area (Å²) in [6.07, 6.45) is 3.25. The van der Waals surface area contributed by atoms with Crippen LogP contribution < -0.4 is 11.1 Å². The van der Waals surface area contributed by atoms with Crippen LogP contribution in [0.5, 0.6) is 0 Å². The second kappa shape index (κ2) is 5.54. The summed E-state index contributed by atoms with van der Waals surface area (Å²) in [6.45, 7) is 0.222. The van der Waals surface area contributed by atoms with E-state index < -0.39 is 17.0 Å². The molecule has 19 heavy (non-hydrogen) atoms. The summed E-state index contributed by atoms with van der Waals surface area (Å²) in [5, 5.41) is 2.46. The lowest BCUT2D eigenvalue weighted by Gasteiger charge is -2.25. The van der Waals surface area contributed by atoms with E-state index in [0.717, 1.165) is 25.0 Å². The Balaban J connectivity index is 2.21. The summed E-state index contributed by atoms with van der Waals surface area (Å²) >= 11 is 2.89. The van der Waals surface area contributed by atoms with E-state index in [0.29, 0.717) is 12.8 Å². The second-order valence-corrected chi connectivity index (χ2v) is 5.75. The summed E-state index contributed by atoms with van der Waals surface area (Å²) in [4.78, 5) is 12.2. The number of nitrogens with one attached hydrogen (secondary N) is 1. The van der Waals surface area contributed by atoms with Crippen molar-refractivity contribution in [3.8, 4) is 0 Å². The number of anilines is 1. The summed E-state index contributed by atoms with van der Waals surface area (Å²) in [7, 11) is 0. The highest BCUT2D eigenvalue weighted by molar-refractivity contribution is 9.10. The van der Waals surface area contributed by atoms with E-state index in [2.05, 4.69) is 21.2 Å². The quantitative estimate of drug-likeness (QED) is 0.835. The van der Waals surface area contributed by atoms with Crippen molar-refractivity contribution in [2.45, 2.75) is 25.7 Å². The molecule has 0 aromatic heterocycles. The molecule has 0 aliphatic heterocycles. The Morgan fingerprint density at radius 1 is 1.32 bits per heavy atom. The molecule has 3 N–H and O–H groups in total. The van der Waals surface area contributed by atoms with Crippen molar-refractivity contribution in [2.24, 2.45) is 11.1 Å². The minimum absolute atomic E-state index is 0.0254. The van der Waals surface area contributed by atoms with Crippen LogP contribution in [0.1, 0.15) is 25.7 Å². The van der Waals surface area contributed by atoms with Crippen LogP contribution in [0.2, 0.25) is 0 Å². The Hall–Kier alpha value is -1.01. The molecule has 0 bridgehead atoms. The lowest BCUT2D eigenvalue weighted by molar-refractivity contribution is -0.124. The molecule has 1 saturated carbocycles. The monoisotopic (exact) mass is 332 g/mol. The molecule has 1 aromatic rings. The number of hydrogen-bond acceptors (Lipinski definition) is 2. The molecule has 0 radical (unpaired) electrons. The highest BCUT2D eigenvalue weighted by Crippen LogP contribution is 2.38. The van der Waals surface area contributed by atoms with Gasteiger partial charge in [0.1, 0.15) is 11.6 Å². The average molecular weight is 333 g/mol. The van der Waals surface area contributed by atoms with Gasteiger partial charge in [-0.1, -0.05) is 12.8 Å². The van der Waals surface area contributed by atoms with Gasteiger partial charge in [0, 0.05) is 12.6 Å². The molecule has 104 valence electrons. The van der Waals surface area contributed by atoms with E-state index in [1.165, 1.54) is 0 Å². The van der Waals surface area contributed by atoms with Crippen molar-refractivity contribution in [1.29, 1.82) is 0 Å². The van der Waals surface area contributed by atoms with Crippen LogP contribution in [0.15, 0.2) is 16.6 Å². The van der Waals surface area contributed by atoms with Gasteiger partial charge in [0.05, 0.1) is 15.6 Å². The van der Waals surface area contributed by atoms with E-state index >= 15 is 0 Å². The van der Waals surface area contributed by atoms with Gasteiger partial charge in [0.2, 0.25) is 5.91 Å². The maximum Gasteiger partial charge on any atom is 0.231 e. The second-order valence-electron chi connectivity index (χ2n) is 4.89. The maximum atomic E-state index is 13.7. The van der Waals surface area contributed by atoms with Gasteiger partial charge in [0.25, 0.3) is 0 Å². The summed E-state index contributed by atoms with van der Waals surface area (Å²) in [5.41, 5.74) is 4.89. The van der Waals surface area contributed by atoms with Gasteiger partial charge >= 0.3 is 0 Å². The zero-order valence-electron chi connectivity index (χ0n) is 10.3. The first kappa shape index (κ1) is 14.4. The number of nitrogens with two attached hydrogens (primary N) is 1. The fourth-order valence-corrected chi connectivity index (χ4v) is 2.76. The minimum Gasteiger partial charge on any atom is -0.329 e. The molecule has 0 heterocycles. The largest absolute Gasteiger partial charge is 0.329 e. The third kappa shape index (κ3) is 2.79. The molecule has 6 heteroatoms. The van der Waals surface area contributed by atoms with Crippen LogP contribution in [-0.2, 0) is 4.79 Å². The van der Waals surface area contributed by atoms with Crippen molar-refractivity contribution in [1.82, 2.24) is 0 Å². The van der Waals surface area contributed by atoms with Crippen LogP contribution in [0.4, 0.5) is 14.5 Å². The highest BCUT2D eigenvalue weighted by Gasteiger charge is 2.40. The van der Waals surface area contributed by atoms with Crippen LogP contribution in [0, 0.1) is 17.0 Å². The molecule has 0 atom stereocenters. The van der Waals surface area contributed by atoms with Gasteiger partial charge in [-0.15, -0.1) is 0 Å². The zero-order valence-corrected chi connectivity index (χ0v) is 11.9. The summed E-state index contributed by atoms with van der Waals surface area (Å²) in [5.74, 6) is -1.62. The molecule has 1 aliphatic carbocycles. The molecule has 1 aliphatic rings. The van der Waals surface area contributed by atoms with E-state index in [4.69, 9.17) is 5.73 Å². The molecule has 1 amide bonds. The number of halogens is 3. The Morgan fingerprint density at radius 2 is 1.95 bits per heavy atom. The SMILES string of the molecule is NCC1(C(=O)Nc2cc(F)c(Br)cc2F)CCCC1. The molecule has 0 unspecified atom stereocenters. The van der Waals surface area contributed by atoms with Gasteiger partial charge in [0.15, 0.2) is 0 Å². The third-order valence-electron chi connectivity index (χ3n) is 3.69. The number of rotatable bonds is 3. The summed E-state index contributed by atoms with van der Waals surface area (Å²) < 4.78 is 27.1. The number of benzene rings is 1. The van der Waals surface area contributed by atoms with Crippen molar-refractivity contribution in [2.75, 3.05) is 11.9 Å². The number of amides is 1. The molecule has 0 saturated heterocycles. The Labute approximate surface area is 118 Å².